The Balaban J connectivity index is 0. The summed E-state index contributed by atoms with van der Waals surface area (Å²) in [4.78, 5) is 10.8. The van der Waals surface area contributed by atoms with Crippen LogP contribution in [0.5, 0.6) is 0 Å². The van der Waals surface area contributed by atoms with E-state index in [0.717, 1.165) is 6.42 Å². The highest BCUT2D eigenvalue weighted by Gasteiger charge is 2.07. The van der Waals surface area contributed by atoms with Gasteiger partial charge in [0.1, 0.15) is 0 Å². The van der Waals surface area contributed by atoms with Crippen LogP contribution < -0.4 is 0 Å². The number of hydrogen-bond acceptors (Lipinski definition) is 2. The number of hydrogen-bond donors (Lipinski definition) is 0. The molecule has 0 bridgehead atoms. The number of ether oxygens (including phenoxy) is 1. The number of carbonyl (C=O) groups is 1. The van der Waals surface area contributed by atoms with Crippen LogP contribution in [0.2, 0.25) is 0 Å². The molecule has 0 aromatic rings. The van der Waals surface area contributed by atoms with Gasteiger partial charge in [0, 0.05) is 6.08 Å². The molecule has 0 heterocycles. The van der Waals surface area contributed by atoms with Crippen molar-refractivity contribution in [2.45, 2.75) is 131 Å². The Morgan fingerprint density at radius 1 is 0.741 bits per heavy atom. The van der Waals surface area contributed by atoms with Crippen LogP contribution in [0.4, 0.5) is 0 Å². The van der Waals surface area contributed by atoms with Crippen LogP contribution in [-0.4, -0.2) is 12.6 Å². The molecule has 27 heavy (non-hydrogen) atoms. The SMILES string of the molecule is C=CC(=O)OCCCCCCCCCCCCC.CCCCCC(C)(C)C. The molecule has 0 aromatic carbocycles. The average molecular weight is 383 g/mol. The maximum Gasteiger partial charge on any atom is 0.330 e. The third kappa shape index (κ3) is 30.2. The zero-order valence-electron chi connectivity index (χ0n) is 19.4. The molecule has 0 rings (SSSR count). The van der Waals surface area contributed by atoms with Crippen molar-refractivity contribution in [3.63, 3.8) is 0 Å². The lowest BCUT2D eigenvalue weighted by molar-refractivity contribution is -0.137. The summed E-state index contributed by atoms with van der Waals surface area (Å²) < 4.78 is 4.92. The van der Waals surface area contributed by atoms with Crippen molar-refractivity contribution < 1.29 is 9.53 Å². The molecule has 2 nitrogen and oxygen atoms in total. The minimum absolute atomic E-state index is 0.304. The lowest BCUT2D eigenvalue weighted by Crippen LogP contribution is -2.03. The van der Waals surface area contributed by atoms with E-state index >= 15 is 0 Å². The van der Waals surface area contributed by atoms with Gasteiger partial charge in [-0.1, -0.05) is 125 Å². The minimum Gasteiger partial charge on any atom is -0.463 e. The fraction of sp³-hybridized carbons (Fsp3) is 0.880. The molecule has 0 aliphatic rings. The Morgan fingerprint density at radius 2 is 1.15 bits per heavy atom. The first kappa shape index (κ1) is 28.4. The summed E-state index contributed by atoms with van der Waals surface area (Å²) in [6.07, 6.45) is 21.2. The van der Waals surface area contributed by atoms with Crippen molar-refractivity contribution in [1.82, 2.24) is 0 Å². The van der Waals surface area contributed by atoms with Crippen LogP contribution in [0.1, 0.15) is 131 Å². The van der Waals surface area contributed by atoms with Crippen LogP contribution in [0, 0.1) is 5.41 Å². The van der Waals surface area contributed by atoms with E-state index in [-0.39, 0.29) is 5.97 Å². The number of unbranched alkanes of at least 4 members (excludes halogenated alkanes) is 12. The van der Waals surface area contributed by atoms with E-state index in [0.29, 0.717) is 12.0 Å². The van der Waals surface area contributed by atoms with Gasteiger partial charge in [-0.2, -0.15) is 0 Å². The van der Waals surface area contributed by atoms with Crippen LogP contribution >= 0.6 is 0 Å². The highest BCUT2D eigenvalue weighted by atomic mass is 16.5. The Morgan fingerprint density at radius 3 is 1.56 bits per heavy atom. The van der Waals surface area contributed by atoms with E-state index in [4.69, 9.17) is 4.74 Å². The number of carbonyl (C=O) groups excluding carboxylic acids is 1. The maximum absolute atomic E-state index is 10.8. The van der Waals surface area contributed by atoms with Crippen molar-refractivity contribution in [2.24, 2.45) is 5.41 Å². The van der Waals surface area contributed by atoms with Gasteiger partial charge >= 0.3 is 5.97 Å². The number of rotatable bonds is 16. The van der Waals surface area contributed by atoms with Gasteiger partial charge in [-0.25, -0.2) is 4.79 Å². The zero-order chi connectivity index (χ0) is 20.8. The van der Waals surface area contributed by atoms with Crippen molar-refractivity contribution >= 4 is 5.97 Å². The Hall–Kier alpha value is -0.790. The molecule has 0 aliphatic carbocycles. The quantitative estimate of drug-likeness (QED) is 0.152. The first-order valence-electron chi connectivity index (χ1n) is 11.7. The van der Waals surface area contributed by atoms with E-state index in [1.165, 1.54) is 96.0 Å². The van der Waals surface area contributed by atoms with Gasteiger partial charge < -0.3 is 4.74 Å². The van der Waals surface area contributed by atoms with Gasteiger partial charge in [0.2, 0.25) is 0 Å². The van der Waals surface area contributed by atoms with Gasteiger partial charge in [-0.3, -0.25) is 0 Å². The maximum atomic E-state index is 10.8. The highest BCUT2D eigenvalue weighted by molar-refractivity contribution is 5.81. The molecule has 0 saturated heterocycles. The first-order valence-corrected chi connectivity index (χ1v) is 11.7. The average Bonchev–Trinajstić information content (AvgIpc) is 2.62. The second kappa shape index (κ2) is 21.5. The van der Waals surface area contributed by atoms with Crippen molar-refractivity contribution in [3.8, 4) is 0 Å². The van der Waals surface area contributed by atoms with E-state index in [1.54, 1.807) is 0 Å². The molecule has 0 unspecified atom stereocenters. The van der Waals surface area contributed by atoms with Crippen LogP contribution in [0.25, 0.3) is 0 Å². The Kier molecular flexibility index (Phi) is 22.6. The van der Waals surface area contributed by atoms with Gasteiger partial charge in [-0.15, -0.1) is 0 Å². The molecule has 0 aromatic heterocycles. The van der Waals surface area contributed by atoms with E-state index in [1.807, 2.05) is 0 Å². The Labute approximate surface area is 171 Å². The standard InChI is InChI=1S/C16H30O2.C9H20/c1-3-5-6-7-8-9-10-11-12-13-14-15-18-16(17)4-2;1-5-6-7-8-9(2,3)4/h4H,2-3,5-15H2,1H3;5-8H2,1-4H3. The summed E-state index contributed by atoms with van der Waals surface area (Å²) in [5, 5.41) is 0. The smallest absolute Gasteiger partial charge is 0.330 e. The summed E-state index contributed by atoms with van der Waals surface area (Å²) in [5.41, 5.74) is 0.551. The largest absolute Gasteiger partial charge is 0.463 e. The molecule has 0 atom stereocenters. The summed E-state index contributed by atoms with van der Waals surface area (Å²) in [5.74, 6) is -0.304. The van der Waals surface area contributed by atoms with E-state index in [9.17, 15) is 4.79 Å². The number of esters is 1. The van der Waals surface area contributed by atoms with Crippen molar-refractivity contribution in [3.05, 3.63) is 12.7 Å². The second-order valence-corrected chi connectivity index (χ2v) is 8.92. The van der Waals surface area contributed by atoms with Crippen LogP contribution in [0.15, 0.2) is 12.7 Å². The third-order valence-electron chi connectivity index (χ3n) is 4.69. The molecule has 0 spiro atoms. The second-order valence-electron chi connectivity index (χ2n) is 8.92. The monoisotopic (exact) mass is 382 g/mol. The van der Waals surface area contributed by atoms with Crippen LogP contribution in [0.3, 0.4) is 0 Å². The van der Waals surface area contributed by atoms with E-state index in [2.05, 4.69) is 41.2 Å². The summed E-state index contributed by atoms with van der Waals surface area (Å²) in [6.45, 7) is 15.3. The molecule has 0 aliphatic heterocycles. The first-order chi connectivity index (χ1) is 12.9. The molecule has 0 fully saturated rings. The molecular weight excluding hydrogens is 332 g/mol. The molecule has 0 radical (unpaired) electrons. The lowest BCUT2D eigenvalue weighted by Gasteiger charge is -2.16. The molecule has 0 N–H and O–H groups in total. The van der Waals surface area contributed by atoms with Gasteiger partial charge in [0.25, 0.3) is 0 Å². The van der Waals surface area contributed by atoms with Gasteiger partial charge in [-0.05, 0) is 18.3 Å². The predicted octanol–water partition coefficient (Wildman–Crippen LogP) is 8.64. The lowest BCUT2D eigenvalue weighted by atomic mass is 9.90. The minimum atomic E-state index is -0.304. The van der Waals surface area contributed by atoms with Crippen molar-refractivity contribution in [1.29, 1.82) is 0 Å². The van der Waals surface area contributed by atoms with E-state index < -0.39 is 0 Å². The summed E-state index contributed by atoms with van der Waals surface area (Å²) in [6, 6.07) is 0. The van der Waals surface area contributed by atoms with Crippen molar-refractivity contribution in [2.75, 3.05) is 6.61 Å². The third-order valence-corrected chi connectivity index (χ3v) is 4.69. The molecular formula is C25H50O2. The van der Waals surface area contributed by atoms with Crippen LogP contribution in [-0.2, 0) is 9.53 Å². The zero-order valence-corrected chi connectivity index (χ0v) is 19.4. The fourth-order valence-corrected chi connectivity index (χ4v) is 2.90. The molecule has 0 amide bonds. The topological polar surface area (TPSA) is 26.3 Å². The highest BCUT2D eigenvalue weighted by Crippen LogP contribution is 2.21. The van der Waals surface area contributed by atoms with Gasteiger partial charge in [0.15, 0.2) is 0 Å². The molecule has 2 heteroatoms. The summed E-state index contributed by atoms with van der Waals surface area (Å²) in [7, 11) is 0. The normalized spacial score (nSPS) is 10.9. The predicted molar refractivity (Wildman–Crippen MR) is 121 cm³/mol. The molecule has 162 valence electrons. The van der Waals surface area contributed by atoms with Gasteiger partial charge in [0.05, 0.1) is 6.61 Å². The fourth-order valence-electron chi connectivity index (χ4n) is 2.90. The Bertz CT molecular complexity index is 315. The summed E-state index contributed by atoms with van der Waals surface area (Å²) >= 11 is 0. The molecule has 0 saturated carbocycles.